The average molecular weight is 185 g/mol. The van der Waals surface area contributed by atoms with Crippen LogP contribution in [0.25, 0.3) is 0 Å². The first kappa shape index (κ1) is 9.22. The van der Waals surface area contributed by atoms with Crippen molar-refractivity contribution in [2.45, 2.75) is 19.4 Å². The molecule has 66 valence electrons. The normalized spacial score (nSPS) is 12.8. The summed E-state index contributed by atoms with van der Waals surface area (Å²) in [7, 11) is 0. The van der Waals surface area contributed by atoms with Gasteiger partial charge in [-0.3, -0.25) is 4.79 Å². The molecule has 1 atom stereocenters. The Bertz CT molecular complexity index is 282. The van der Waals surface area contributed by atoms with Gasteiger partial charge in [-0.1, -0.05) is 0 Å². The highest BCUT2D eigenvalue weighted by Gasteiger charge is 2.12. The minimum Gasteiger partial charge on any atom is -0.480 e. The van der Waals surface area contributed by atoms with Crippen LogP contribution in [0.15, 0.2) is 11.4 Å². The van der Waals surface area contributed by atoms with E-state index in [2.05, 4.69) is 0 Å². The van der Waals surface area contributed by atoms with E-state index in [1.54, 1.807) is 11.3 Å². The molecule has 0 radical (unpaired) electrons. The first-order valence-electron chi connectivity index (χ1n) is 3.62. The van der Waals surface area contributed by atoms with Crippen LogP contribution in [0.2, 0.25) is 0 Å². The number of carboxylic acids is 1. The largest absolute Gasteiger partial charge is 0.480 e. The summed E-state index contributed by atoms with van der Waals surface area (Å²) in [5.74, 6) is -0.943. The van der Waals surface area contributed by atoms with Crippen molar-refractivity contribution >= 4 is 17.3 Å². The molecule has 0 aliphatic carbocycles. The monoisotopic (exact) mass is 185 g/mol. The molecule has 3 N–H and O–H groups in total. The van der Waals surface area contributed by atoms with Crippen LogP contribution in [0.5, 0.6) is 0 Å². The predicted octanol–water partition coefficient (Wildman–Crippen LogP) is 1.01. The van der Waals surface area contributed by atoms with Crippen molar-refractivity contribution in [3.05, 3.63) is 21.9 Å². The topological polar surface area (TPSA) is 63.3 Å². The molecular formula is C8H11NO2S. The van der Waals surface area contributed by atoms with Gasteiger partial charge in [-0.15, -0.1) is 11.3 Å². The zero-order valence-corrected chi connectivity index (χ0v) is 7.60. The third kappa shape index (κ3) is 2.32. The van der Waals surface area contributed by atoms with E-state index in [4.69, 9.17) is 10.8 Å². The molecule has 0 aliphatic rings. The molecule has 3 nitrogen and oxygen atoms in total. The Morgan fingerprint density at radius 1 is 1.83 bits per heavy atom. The van der Waals surface area contributed by atoms with Gasteiger partial charge in [0.15, 0.2) is 0 Å². The van der Waals surface area contributed by atoms with Gasteiger partial charge in [0.25, 0.3) is 0 Å². The second-order valence-electron chi connectivity index (χ2n) is 2.74. The van der Waals surface area contributed by atoms with Crippen molar-refractivity contribution in [2.24, 2.45) is 5.73 Å². The van der Waals surface area contributed by atoms with Crippen molar-refractivity contribution in [3.63, 3.8) is 0 Å². The highest BCUT2D eigenvalue weighted by atomic mass is 32.1. The van der Waals surface area contributed by atoms with E-state index < -0.39 is 12.0 Å². The van der Waals surface area contributed by atoms with Gasteiger partial charge in [-0.05, 0) is 23.9 Å². The summed E-state index contributed by atoms with van der Waals surface area (Å²) in [6.45, 7) is 1.98. The summed E-state index contributed by atoms with van der Waals surface area (Å²) >= 11 is 1.55. The van der Waals surface area contributed by atoms with Crippen molar-refractivity contribution in [3.8, 4) is 0 Å². The lowest BCUT2D eigenvalue weighted by Gasteiger charge is -2.02. The maximum absolute atomic E-state index is 10.4. The maximum atomic E-state index is 10.4. The molecule has 1 heterocycles. The Labute approximate surface area is 74.8 Å². The van der Waals surface area contributed by atoms with Crippen molar-refractivity contribution in [1.29, 1.82) is 0 Å². The quantitative estimate of drug-likeness (QED) is 0.738. The Morgan fingerprint density at radius 2 is 2.50 bits per heavy atom. The molecule has 0 aliphatic heterocycles. The molecule has 1 aromatic rings. The van der Waals surface area contributed by atoms with E-state index in [-0.39, 0.29) is 0 Å². The minimum atomic E-state index is -0.943. The summed E-state index contributed by atoms with van der Waals surface area (Å²) in [5.41, 5.74) is 6.52. The number of rotatable bonds is 3. The maximum Gasteiger partial charge on any atom is 0.320 e. The van der Waals surface area contributed by atoms with E-state index in [0.29, 0.717) is 6.42 Å². The van der Waals surface area contributed by atoms with Gasteiger partial charge >= 0.3 is 5.97 Å². The van der Waals surface area contributed by atoms with Crippen LogP contribution in [0.1, 0.15) is 10.4 Å². The minimum absolute atomic E-state index is 0.424. The van der Waals surface area contributed by atoms with E-state index in [1.165, 1.54) is 0 Å². The van der Waals surface area contributed by atoms with Gasteiger partial charge in [0.05, 0.1) is 0 Å². The van der Waals surface area contributed by atoms with E-state index in [0.717, 1.165) is 10.4 Å². The van der Waals surface area contributed by atoms with E-state index >= 15 is 0 Å². The van der Waals surface area contributed by atoms with Crippen LogP contribution in [0.4, 0.5) is 0 Å². The number of aliphatic carboxylic acids is 1. The number of hydrogen-bond acceptors (Lipinski definition) is 3. The van der Waals surface area contributed by atoms with Crippen LogP contribution in [0.3, 0.4) is 0 Å². The Kier molecular flexibility index (Phi) is 2.83. The van der Waals surface area contributed by atoms with Gasteiger partial charge in [0.1, 0.15) is 6.04 Å². The van der Waals surface area contributed by atoms with Crippen LogP contribution in [-0.2, 0) is 11.2 Å². The lowest BCUT2D eigenvalue weighted by Crippen LogP contribution is -2.31. The van der Waals surface area contributed by atoms with E-state index in [9.17, 15) is 4.79 Å². The van der Waals surface area contributed by atoms with Gasteiger partial charge in [-0.2, -0.15) is 0 Å². The van der Waals surface area contributed by atoms with Crippen molar-refractivity contribution < 1.29 is 9.90 Å². The van der Waals surface area contributed by atoms with Crippen LogP contribution in [-0.4, -0.2) is 17.1 Å². The van der Waals surface area contributed by atoms with Crippen LogP contribution in [0, 0.1) is 6.92 Å². The molecule has 4 heteroatoms. The van der Waals surface area contributed by atoms with Crippen LogP contribution < -0.4 is 5.73 Å². The van der Waals surface area contributed by atoms with E-state index in [1.807, 2.05) is 18.4 Å². The highest BCUT2D eigenvalue weighted by Crippen LogP contribution is 2.14. The third-order valence-electron chi connectivity index (χ3n) is 1.52. The van der Waals surface area contributed by atoms with Crippen molar-refractivity contribution in [1.82, 2.24) is 0 Å². The van der Waals surface area contributed by atoms with Gasteiger partial charge in [-0.25, -0.2) is 0 Å². The molecular weight excluding hydrogens is 174 g/mol. The molecule has 0 bridgehead atoms. The molecule has 0 aromatic carbocycles. The standard InChI is InChI=1S/C8H11NO2S/c1-5-2-6(12-4-5)3-7(9)8(10)11/h2,4,7H,3,9H2,1H3,(H,10,11)/t7-/m0/s1. The number of aryl methyl sites for hydroxylation is 1. The molecule has 1 aromatic heterocycles. The lowest BCUT2D eigenvalue weighted by molar-refractivity contribution is -0.138. The number of nitrogens with two attached hydrogens (primary N) is 1. The summed E-state index contributed by atoms with van der Waals surface area (Å²) in [5, 5.41) is 10.5. The Morgan fingerprint density at radius 3 is 2.92 bits per heavy atom. The molecule has 0 unspecified atom stereocenters. The molecule has 0 spiro atoms. The first-order chi connectivity index (χ1) is 5.59. The van der Waals surface area contributed by atoms with Gasteiger partial charge in [0.2, 0.25) is 0 Å². The summed E-state index contributed by atoms with van der Waals surface area (Å²) < 4.78 is 0. The predicted molar refractivity (Wildman–Crippen MR) is 48.4 cm³/mol. The molecule has 0 saturated carbocycles. The Hall–Kier alpha value is -0.870. The highest BCUT2D eigenvalue weighted by molar-refractivity contribution is 7.10. The van der Waals surface area contributed by atoms with Gasteiger partial charge in [0, 0.05) is 11.3 Å². The molecule has 12 heavy (non-hydrogen) atoms. The second-order valence-corrected chi connectivity index (χ2v) is 3.74. The third-order valence-corrected chi connectivity index (χ3v) is 2.60. The first-order valence-corrected chi connectivity index (χ1v) is 4.50. The smallest absolute Gasteiger partial charge is 0.320 e. The lowest BCUT2D eigenvalue weighted by atomic mass is 10.2. The second kappa shape index (κ2) is 3.69. The fourth-order valence-electron chi connectivity index (χ4n) is 0.902. The van der Waals surface area contributed by atoms with Gasteiger partial charge < -0.3 is 10.8 Å². The zero-order valence-electron chi connectivity index (χ0n) is 6.78. The zero-order chi connectivity index (χ0) is 9.14. The number of carbonyl (C=O) groups is 1. The average Bonchev–Trinajstić information content (AvgIpc) is 2.35. The van der Waals surface area contributed by atoms with Crippen molar-refractivity contribution in [2.75, 3.05) is 0 Å². The fourth-order valence-corrected chi connectivity index (χ4v) is 1.84. The molecule has 1 rings (SSSR count). The Balaban J connectivity index is 2.58. The number of hydrogen-bond donors (Lipinski definition) is 2. The fraction of sp³-hybridized carbons (Fsp3) is 0.375. The molecule has 0 amide bonds. The molecule has 0 fully saturated rings. The number of carboxylic acid groups (broad SMARTS) is 1. The molecule has 0 saturated heterocycles. The number of thiophene rings is 1. The summed E-state index contributed by atoms with van der Waals surface area (Å²) in [6.07, 6.45) is 0.424. The SMILES string of the molecule is Cc1csc(C[C@H](N)C(=O)O)c1. The summed E-state index contributed by atoms with van der Waals surface area (Å²) in [4.78, 5) is 11.4. The summed E-state index contributed by atoms with van der Waals surface area (Å²) in [6, 6.07) is 1.19. The van der Waals surface area contributed by atoms with Crippen LogP contribution >= 0.6 is 11.3 Å².